The van der Waals surface area contributed by atoms with E-state index < -0.39 is 41.4 Å². The molecule has 1 saturated heterocycles. The number of nitrogens with one attached hydrogen (secondary N) is 2. The summed E-state index contributed by atoms with van der Waals surface area (Å²) in [6.07, 6.45) is -10.5. The molecule has 1 fully saturated rings. The Labute approximate surface area is 193 Å². The molecule has 1 unspecified atom stereocenters. The van der Waals surface area contributed by atoms with E-state index in [-0.39, 0.29) is 30.0 Å². The second-order valence-corrected chi connectivity index (χ2v) is 8.69. The minimum absolute atomic E-state index is 0.0331. The zero-order valence-electron chi connectivity index (χ0n) is 18.8. The van der Waals surface area contributed by atoms with E-state index in [0.29, 0.717) is 24.1 Å². The van der Waals surface area contributed by atoms with Crippen molar-refractivity contribution in [2.24, 2.45) is 0 Å². The van der Waals surface area contributed by atoms with Gasteiger partial charge in [-0.15, -0.1) is 0 Å². The smallest absolute Gasteiger partial charge is 0.344 e. The van der Waals surface area contributed by atoms with E-state index in [1.54, 1.807) is 30.3 Å². The summed E-state index contributed by atoms with van der Waals surface area (Å²) in [7, 11) is 0. The highest BCUT2D eigenvalue weighted by molar-refractivity contribution is 5.83. The second-order valence-electron chi connectivity index (χ2n) is 8.69. The molecule has 0 aromatic heterocycles. The van der Waals surface area contributed by atoms with Crippen LogP contribution in [0.25, 0.3) is 0 Å². The van der Waals surface area contributed by atoms with Crippen LogP contribution in [0.15, 0.2) is 48.5 Å². The van der Waals surface area contributed by atoms with Crippen LogP contribution in [0.5, 0.6) is 0 Å². The van der Waals surface area contributed by atoms with Gasteiger partial charge in [-0.25, -0.2) is 0 Å². The summed E-state index contributed by atoms with van der Waals surface area (Å²) in [6, 6.07) is 9.45. The molecule has 2 aromatic rings. The Hall–Kier alpha value is -2.59. The Morgan fingerprint density at radius 2 is 1.53 bits per heavy atom. The molecule has 1 aliphatic heterocycles. The zero-order chi connectivity index (χ0) is 25.3. The van der Waals surface area contributed by atoms with Gasteiger partial charge < -0.3 is 15.4 Å². The van der Waals surface area contributed by atoms with Gasteiger partial charge >= 0.3 is 12.4 Å². The molecular weight excluding hydrogens is 462 g/mol. The Kier molecular flexibility index (Phi) is 7.33. The number of benzene rings is 2. The standard InChI is InChI=1S/C24H26F6N2O2/c1-14(2)31-20-9-10-22(32-21(20)33,17-7-5-4-6-8-17)34-15(3)16-11-18(23(25,26)27)13-19(12-16)24(28,29)30/h4-8,11-15,20,31H,9-10H2,1-3H3,(H,32,33)/t15-,20?,22-/m1/s1. The predicted octanol–water partition coefficient (Wildman–Crippen LogP) is 5.93. The van der Waals surface area contributed by atoms with Crippen molar-refractivity contribution in [3.63, 3.8) is 0 Å². The van der Waals surface area contributed by atoms with Gasteiger partial charge in [0.25, 0.3) is 0 Å². The average molecular weight is 488 g/mol. The van der Waals surface area contributed by atoms with Crippen LogP contribution in [0, 0.1) is 0 Å². The highest BCUT2D eigenvalue weighted by atomic mass is 19.4. The number of halogens is 6. The lowest BCUT2D eigenvalue weighted by molar-refractivity contribution is -0.160. The van der Waals surface area contributed by atoms with E-state index in [1.807, 2.05) is 13.8 Å². The summed E-state index contributed by atoms with van der Waals surface area (Å²) in [5.74, 6) is -0.365. The highest BCUT2D eigenvalue weighted by Crippen LogP contribution is 2.41. The summed E-state index contributed by atoms with van der Waals surface area (Å²) in [5, 5.41) is 5.96. The molecule has 1 heterocycles. The first-order valence-corrected chi connectivity index (χ1v) is 10.8. The first-order chi connectivity index (χ1) is 15.7. The van der Waals surface area contributed by atoms with Crippen molar-refractivity contribution in [3.05, 3.63) is 70.8 Å². The van der Waals surface area contributed by atoms with Gasteiger partial charge in [0.05, 0.1) is 23.3 Å². The average Bonchev–Trinajstić information content (AvgIpc) is 2.74. The quantitative estimate of drug-likeness (QED) is 0.496. The van der Waals surface area contributed by atoms with E-state index >= 15 is 0 Å². The van der Waals surface area contributed by atoms with E-state index in [9.17, 15) is 31.1 Å². The molecule has 0 bridgehead atoms. The summed E-state index contributed by atoms with van der Waals surface area (Å²) in [4.78, 5) is 12.9. The van der Waals surface area contributed by atoms with Crippen molar-refractivity contribution in [2.75, 3.05) is 0 Å². The fourth-order valence-electron chi connectivity index (χ4n) is 4.05. The van der Waals surface area contributed by atoms with Gasteiger partial charge in [0.1, 0.15) is 0 Å². The molecule has 3 atom stereocenters. The Balaban J connectivity index is 1.99. The van der Waals surface area contributed by atoms with Gasteiger partial charge in [0.2, 0.25) is 5.91 Å². The van der Waals surface area contributed by atoms with Crippen LogP contribution < -0.4 is 10.6 Å². The van der Waals surface area contributed by atoms with Crippen LogP contribution in [0.4, 0.5) is 26.3 Å². The third kappa shape index (κ3) is 5.90. The van der Waals surface area contributed by atoms with Gasteiger partial charge in [0, 0.05) is 18.0 Å². The second kappa shape index (κ2) is 9.58. The third-order valence-corrected chi connectivity index (χ3v) is 5.66. The largest absolute Gasteiger partial charge is 0.416 e. The number of rotatable bonds is 6. The van der Waals surface area contributed by atoms with E-state index in [2.05, 4.69) is 10.6 Å². The van der Waals surface area contributed by atoms with Crippen molar-refractivity contribution >= 4 is 5.91 Å². The monoisotopic (exact) mass is 488 g/mol. The number of amides is 1. The molecule has 1 aliphatic rings. The maximum atomic E-state index is 13.3. The van der Waals surface area contributed by atoms with E-state index in [0.717, 1.165) is 0 Å². The summed E-state index contributed by atoms with van der Waals surface area (Å²) in [5.41, 5.74) is -4.01. The normalized spacial score (nSPS) is 22.5. The SMILES string of the molecule is CC(C)NC1CC[C@@](O[C@H](C)c2cc(C(F)(F)F)cc(C(F)(F)F)c2)(c2ccccc2)NC1=O. The van der Waals surface area contributed by atoms with Crippen molar-refractivity contribution < 1.29 is 35.9 Å². The van der Waals surface area contributed by atoms with Gasteiger partial charge in [-0.1, -0.05) is 44.2 Å². The van der Waals surface area contributed by atoms with Crippen LogP contribution in [0.2, 0.25) is 0 Å². The molecule has 4 nitrogen and oxygen atoms in total. The lowest BCUT2D eigenvalue weighted by atomic mass is 9.89. The first kappa shape index (κ1) is 26.0. The number of hydrogen-bond donors (Lipinski definition) is 2. The number of hydrogen-bond acceptors (Lipinski definition) is 3. The van der Waals surface area contributed by atoms with Crippen LogP contribution in [0.1, 0.15) is 62.0 Å². The number of carbonyl (C=O) groups excluding carboxylic acids is 1. The van der Waals surface area contributed by atoms with Crippen LogP contribution in [-0.4, -0.2) is 18.0 Å². The van der Waals surface area contributed by atoms with Crippen LogP contribution in [-0.2, 0) is 27.6 Å². The summed E-state index contributed by atoms with van der Waals surface area (Å²) < 4.78 is 86.1. The molecule has 0 radical (unpaired) electrons. The van der Waals surface area contributed by atoms with Gasteiger partial charge in [0.15, 0.2) is 5.72 Å². The van der Waals surface area contributed by atoms with Crippen molar-refractivity contribution in [3.8, 4) is 0 Å². The molecular formula is C24H26F6N2O2. The van der Waals surface area contributed by atoms with Gasteiger partial charge in [-0.2, -0.15) is 26.3 Å². The molecule has 2 N–H and O–H groups in total. The molecule has 0 saturated carbocycles. The number of alkyl halides is 6. The maximum Gasteiger partial charge on any atom is 0.416 e. The minimum Gasteiger partial charge on any atom is -0.344 e. The van der Waals surface area contributed by atoms with Crippen molar-refractivity contribution in [1.29, 1.82) is 0 Å². The Morgan fingerprint density at radius 1 is 0.971 bits per heavy atom. The lowest BCUT2D eigenvalue weighted by Gasteiger charge is -2.43. The van der Waals surface area contributed by atoms with E-state index in [4.69, 9.17) is 4.74 Å². The topological polar surface area (TPSA) is 50.4 Å². The zero-order valence-corrected chi connectivity index (χ0v) is 18.8. The Morgan fingerprint density at radius 3 is 2.00 bits per heavy atom. The minimum atomic E-state index is -4.97. The molecule has 2 aromatic carbocycles. The summed E-state index contributed by atoms with van der Waals surface area (Å²) >= 11 is 0. The molecule has 0 aliphatic carbocycles. The van der Waals surface area contributed by atoms with Crippen molar-refractivity contribution in [2.45, 2.75) is 69.9 Å². The number of ether oxygens (including phenoxy) is 1. The molecule has 10 heteroatoms. The molecule has 0 spiro atoms. The van der Waals surface area contributed by atoms with Gasteiger partial charge in [-0.3, -0.25) is 4.79 Å². The predicted molar refractivity (Wildman–Crippen MR) is 114 cm³/mol. The molecule has 186 valence electrons. The Bertz CT molecular complexity index is 975. The highest BCUT2D eigenvalue weighted by Gasteiger charge is 2.44. The first-order valence-electron chi connectivity index (χ1n) is 10.8. The van der Waals surface area contributed by atoms with Crippen LogP contribution in [0.3, 0.4) is 0 Å². The number of piperidine rings is 1. The lowest BCUT2D eigenvalue weighted by Crippen LogP contribution is -2.60. The third-order valence-electron chi connectivity index (χ3n) is 5.66. The molecule has 3 rings (SSSR count). The fourth-order valence-corrected chi connectivity index (χ4v) is 4.05. The number of carbonyl (C=O) groups is 1. The van der Waals surface area contributed by atoms with Crippen LogP contribution >= 0.6 is 0 Å². The van der Waals surface area contributed by atoms with E-state index in [1.165, 1.54) is 6.92 Å². The molecule has 1 amide bonds. The fraction of sp³-hybridized carbons (Fsp3) is 0.458. The van der Waals surface area contributed by atoms with Gasteiger partial charge in [-0.05, 0) is 37.1 Å². The summed E-state index contributed by atoms with van der Waals surface area (Å²) in [6.45, 7) is 5.14. The van der Waals surface area contributed by atoms with Crippen molar-refractivity contribution in [1.82, 2.24) is 10.6 Å². The molecule has 34 heavy (non-hydrogen) atoms. The maximum absolute atomic E-state index is 13.3.